The highest BCUT2D eigenvalue weighted by Gasteiger charge is 2.12. The summed E-state index contributed by atoms with van der Waals surface area (Å²) in [5, 5.41) is 3.29. The number of anilines is 1. The van der Waals surface area contributed by atoms with Crippen LogP contribution in [0.25, 0.3) is 22.6 Å². The number of aromatic nitrogens is 1. The summed E-state index contributed by atoms with van der Waals surface area (Å²) in [5.74, 6) is 0.306. The number of nitrogens with one attached hydrogen (secondary N) is 1. The zero-order valence-corrected chi connectivity index (χ0v) is 15.7. The molecule has 0 saturated heterocycles. The summed E-state index contributed by atoms with van der Waals surface area (Å²) in [6.07, 6.45) is 0. The minimum atomic E-state index is -0.245. The van der Waals surface area contributed by atoms with Crippen LogP contribution < -0.4 is 5.32 Å². The summed E-state index contributed by atoms with van der Waals surface area (Å²) in [7, 11) is 0. The van der Waals surface area contributed by atoms with Gasteiger partial charge in [-0.05, 0) is 73.5 Å². The predicted molar refractivity (Wildman–Crippen MR) is 108 cm³/mol. The van der Waals surface area contributed by atoms with Crippen molar-refractivity contribution in [2.24, 2.45) is 0 Å². The number of oxazole rings is 1. The topological polar surface area (TPSA) is 55.1 Å². The van der Waals surface area contributed by atoms with Crippen LogP contribution in [0.1, 0.15) is 21.5 Å². The van der Waals surface area contributed by atoms with E-state index in [1.807, 2.05) is 62.4 Å². The Morgan fingerprint density at radius 3 is 2.41 bits per heavy atom. The Kier molecular flexibility index (Phi) is 4.42. The molecule has 0 saturated carbocycles. The maximum absolute atomic E-state index is 12.4. The third kappa shape index (κ3) is 3.57. The van der Waals surface area contributed by atoms with E-state index in [0.29, 0.717) is 22.2 Å². The van der Waals surface area contributed by atoms with Crippen LogP contribution >= 0.6 is 11.6 Å². The van der Waals surface area contributed by atoms with Crippen molar-refractivity contribution >= 4 is 34.3 Å². The smallest absolute Gasteiger partial charge is 0.257 e. The Morgan fingerprint density at radius 2 is 1.67 bits per heavy atom. The first-order valence-corrected chi connectivity index (χ1v) is 8.92. The number of rotatable bonds is 3. The standard InChI is InChI=1S/C22H17ClN2O2/c1-13-3-9-17(18(23)11-13)21(26)24-16-7-5-15(6-8-16)22-25-19-12-14(2)4-10-20(19)27-22/h3-12H,1-2H3,(H,24,26). The van der Waals surface area contributed by atoms with Crippen molar-refractivity contribution in [3.05, 3.63) is 82.4 Å². The van der Waals surface area contributed by atoms with Gasteiger partial charge in [0.2, 0.25) is 5.89 Å². The molecule has 1 heterocycles. The molecule has 0 radical (unpaired) electrons. The SMILES string of the molecule is Cc1ccc(C(=O)Nc2ccc(-c3nc4cc(C)ccc4o3)cc2)c(Cl)c1. The zero-order valence-electron chi connectivity index (χ0n) is 14.9. The Balaban J connectivity index is 1.55. The molecule has 3 aromatic carbocycles. The molecule has 0 spiro atoms. The molecule has 4 nitrogen and oxygen atoms in total. The number of carbonyl (C=O) groups is 1. The third-order valence-corrected chi connectivity index (χ3v) is 4.61. The van der Waals surface area contributed by atoms with Gasteiger partial charge in [0.15, 0.2) is 5.58 Å². The molecule has 0 aliphatic heterocycles. The highest BCUT2D eigenvalue weighted by Crippen LogP contribution is 2.26. The van der Waals surface area contributed by atoms with Crippen LogP contribution in [0, 0.1) is 13.8 Å². The second kappa shape index (κ2) is 6.89. The molecule has 0 aliphatic carbocycles. The molecule has 27 heavy (non-hydrogen) atoms. The van der Waals surface area contributed by atoms with Crippen molar-refractivity contribution < 1.29 is 9.21 Å². The van der Waals surface area contributed by atoms with Gasteiger partial charge >= 0.3 is 0 Å². The van der Waals surface area contributed by atoms with E-state index in [-0.39, 0.29) is 5.91 Å². The fourth-order valence-corrected chi connectivity index (χ4v) is 3.18. The molecule has 4 aromatic rings. The number of amides is 1. The number of nitrogens with zero attached hydrogens (tertiary/aromatic N) is 1. The number of fused-ring (bicyclic) bond motifs is 1. The molecule has 0 aliphatic rings. The minimum absolute atomic E-state index is 0.245. The van der Waals surface area contributed by atoms with Crippen molar-refractivity contribution in [3.8, 4) is 11.5 Å². The fourth-order valence-electron chi connectivity index (χ4n) is 2.86. The zero-order chi connectivity index (χ0) is 19.0. The third-order valence-electron chi connectivity index (χ3n) is 4.30. The summed E-state index contributed by atoms with van der Waals surface area (Å²) in [5.41, 5.74) is 5.69. The highest BCUT2D eigenvalue weighted by molar-refractivity contribution is 6.34. The fraction of sp³-hybridized carbons (Fsp3) is 0.0909. The van der Waals surface area contributed by atoms with Crippen molar-refractivity contribution in [3.63, 3.8) is 0 Å². The van der Waals surface area contributed by atoms with E-state index in [1.165, 1.54) is 0 Å². The van der Waals surface area contributed by atoms with Crippen molar-refractivity contribution in [2.45, 2.75) is 13.8 Å². The van der Waals surface area contributed by atoms with Gasteiger partial charge in [0.25, 0.3) is 5.91 Å². The lowest BCUT2D eigenvalue weighted by molar-refractivity contribution is 0.102. The van der Waals surface area contributed by atoms with E-state index in [1.54, 1.807) is 12.1 Å². The molecule has 1 aromatic heterocycles. The lowest BCUT2D eigenvalue weighted by Crippen LogP contribution is -2.12. The second-order valence-electron chi connectivity index (χ2n) is 6.50. The molecule has 134 valence electrons. The number of benzene rings is 3. The van der Waals surface area contributed by atoms with Gasteiger partial charge in [-0.2, -0.15) is 0 Å². The molecular formula is C22H17ClN2O2. The normalized spacial score (nSPS) is 10.9. The maximum Gasteiger partial charge on any atom is 0.257 e. The summed E-state index contributed by atoms with van der Waals surface area (Å²) in [6, 6.07) is 18.6. The Bertz CT molecular complexity index is 1150. The monoisotopic (exact) mass is 376 g/mol. The quantitative estimate of drug-likeness (QED) is 0.475. The van der Waals surface area contributed by atoms with Gasteiger partial charge in [-0.1, -0.05) is 23.7 Å². The first-order valence-electron chi connectivity index (χ1n) is 8.55. The Morgan fingerprint density at radius 1 is 0.963 bits per heavy atom. The number of halogens is 1. The van der Waals surface area contributed by atoms with E-state index in [0.717, 1.165) is 27.8 Å². The predicted octanol–water partition coefficient (Wildman–Crippen LogP) is 6.02. The van der Waals surface area contributed by atoms with E-state index < -0.39 is 0 Å². The van der Waals surface area contributed by atoms with Gasteiger partial charge < -0.3 is 9.73 Å². The van der Waals surface area contributed by atoms with Crippen LogP contribution in [0.5, 0.6) is 0 Å². The van der Waals surface area contributed by atoms with Crippen molar-refractivity contribution in [2.75, 3.05) is 5.32 Å². The number of hydrogen-bond acceptors (Lipinski definition) is 3. The van der Waals surface area contributed by atoms with Gasteiger partial charge in [0.1, 0.15) is 5.52 Å². The van der Waals surface area contributed by atoms with Crippen LogP contribution in [0.3, 0.4) is 0 Å². The Hall–Kier alpha value is -3.11. The highest BCUT2D eigenvalue weighted by atomic mass is 35.5. The van der Waals surface area contributed by atoms with Crippen LogP contribution in [0.4, 0.5) is 5.69 Å². The average Bonchev–Trinajstić information content (AvgIpc) is 3.05. The summed E-state index contributed by atoms with van der Waals surface area (Å²) in [6.45, 7) is 3.95. The van der Waals surface area contributed by atoms with Gasteiger partial charge in [-0.25, -0.2) is 4.98 Å². The molecule has 5 heteroatoms. The van der Waals surface area contributed by atoms with Crippen LogP contribution in [-0.2, 0) is 0 Å². The first kappa shape index (κ1) is 17.3. The van der Waals surface area contributed by atoms with Crippen LogP contribution in [-0.4, -0.2) is 10.9 Å². The summed E-state index contributed by atoms with van der Waals surface area (Å²) < 4.78 is 5.81. The first-order chi connectivity index (χ1) is 13.0. The number of hydrogen-bond donors (Lipinski definition) is 1. The molecule has 0 bridgehead atoms. The van der Waals surface area contributed by atoms with E-state index in [9.17, 15) is 4.79 Å². The average molecular weight is 377 g/mol. The molecule has 4 rings (SSSR count). The summed E-state index contributed by atoms with van der Waals surface area (Å²) >= 11 is 6.16. The van der Waals surface area contributed by atoms with Gasteiger partial charge in [0.05, 0.1) is 10.6 Å². The lowest BCUT2D eigenvalue weighted by atomic mass is 10.1. The largest absolute Gasteiger partial charge is 0.436 e. The molecule has 1 N–H and O–H groups in total. The van der Waals surface area contributed by atoms with Gasteiger partial charge in [-0.15, -0.1) is 0 Å². The van der Waals surface area contributed by atoms with Crippen molar-refractivity contribution in [1.82, 2.24) is 4.98 Å². The number of aryl methyl sites for hydroxylation is 2. The van der Waals surface area contributed by atoms with Crippen LogP contribution in [0.15, 0.2) is 65.1 Å². The summed E-state index contributed by atoms with van der Waals surface area (Å²) in [4.78, 5) is 17.0. The molecule has 0 fully saturated rings. The van der Waals surface area contributed by atoms with Gasteiger partial charge in [-0.3, -0.25) is 4.79 Å². The van der Waals surface area contributed by atoms with Gasteiger partial charge in [0, 0.05) is 11.3 Å². The molecule has 0 unspecified atom stereocenters. The van der Waals surface area contributed by atoms with E-state index in [2.05, 4.69) is 10.3 Å². The lowest BCUT2D eigenvalue weighted by Gasteiger charge is -2.08. The molecule has 1 amide bonds. The minimum Gasteiger partial charge on any atom is -0.436 e. The van der Waals surface area contributed by atoms with E-state index >= 15 is 0 Å². The maximum atomic E-state index is 12.4. The molecular weight excluding hydrogens is 360 g/mol. The number of carbonyl (C=O) groups excluding carboxylic acids is 1. The van der Waals surface area contributed by atoms with Crippen LogP contribution in [0.2, 0.25) is 5.02 Å². The second-order valence-corrected chi connectivity index (χ2v) is 6.91. The van der Waals surface area contributed by atoms with E-state index in [4.69, 9.17) is 16.0 Å². The molecule has 0 atom stereocenters. The Labute approximate surface area is 161 Å². The van der Waals surface area contributed by atoms with Crippen molar-refractivity contribution in [1.29, 1.82) is 0 Å².